The van der Waals surface area contributed by atoms with E-state index in [9.17, 15) is 8.42 Å². The Morgan fingerprint density at radius 3 is 2.68 bits per heavy atom. The summed E-state index contributed by atoms with van der Waals surface area (Å²) >= 11 is 5.94. The number of benzene rings is 1. The molecule has 0 aliphatic rings. The van der Waals surface area contributed by atoms with Crippen LogP contribution in [0.3, 0.4) is 0 Å². The summed E-state index contributed by atoms with van der Waals surface area (Å²) in [6, 6.07) is 2.81. The number of sulfonamides is 1. The monoisotopic (exact) mass is 306 g/mol. The van der Waals surface area contributed by atoms with Gasteiger partial charge >= 0.3 is 0 Å². The Hall–Kier alpha value is -0.820. The molecule has 19 heavy (non-hydrogen) atoms. The van der Waals surface area contributed by atoms with Crippen LogP contribution in [0.15, 0.2) is 17.0 Å². The Morgan fingerprint density at radius 2 is 2.11 bits per heavy atom. The van der Waals surface area contributed by atoms with Gasteiger partial charge < -0.3 is 10.5 Å². The van der Waals surface area contributed by atoms with Crippen molar-refractivity contribution in [2.75, 3.05) is 25.5 Å². The highest BCUT2D eigenvalue weighted by Crippen LogP contribution is 2.25. The number of nitrogens with one attached hydrogen (secondary N) is 1. The van der Waals surface area contributed by atoms with Crippen molar-refractivity contribution in [1.82, 2.24) is 4.72 Å². The normalized spacial score (nSPS) is 11.7. The van der Waals surface area contributed by atoms with Crippen molar-refractivity contribution in [3.05, 3.63) is 22.7 Å². The van der Waals surface area contributed by atoms with E-state index in [0.717, 1.165) is 0 Å². The Kier molecular flexibility index (Phi) is 6.06. The van der Waals surface area contributed by atoms with Gasteiger partial charge in [0.05, 0.1) is 4.90 Å². The molecular formula is C12H19ClN2O3S. The van der Waals surface area contributed by atoms with Gasteiger partial charge in [0, 0.05) is 30.5 Å². The van der Waals surface area contributed by atoms with Gasteiger partial charge in [-0.25, -0.2) is 13.1 Å². The van der Waals surface area contributed by atoms with E-state index in [1.54, 1.807) is 6.92 Å². The molecule has 7 heteroatoms. The molecule has 0 heterocycles. The lowest BCUT2D eigenvalue weighted by atomic mass is 10.2. The zero-order valence-electron chi connectivity index (χ0n) is 11.1. The summed E-state index contributed by atoms with van der Waals surface area (Å²) in [6.07, 6.45) is 0.613. The maximum Gasteiger partial charge on any atom is 0.240 e. The second-order valence-electron chi connectivity index (χ2n) is 4.07. The molecule has 3 N–H and O–H groups in total. The largest absolute Gasteiger partial charge is 0.398 e. The highest BCUT2D eigenvalue weighted by atomic mass is 35.5. The van der Waals surface area contributed by atoms with Crippen molar-refractivity contribution in [2.45, 2.75) is 25.2 Å². The van der Waals surface area contributed by atoms with Crippen LogP contribution in [0.5, 0.6) is 0 Å². The number of anilines is 1. The average Bonchev–Trinajstić information content (AvgIpc) is 2.35. The average molecular weight is 307 g/mol. The summed E-state index contributed by atoms with van der Waals surface area (Å²) in [7, 11) is -3.58. The van der Waals surface area contributed by atoms with Gasteiger partial charge in [0.25, 0.3) is 0 Å². The fourth-order valence-corrected chi connectivity index (χ4v) is 2.86. The molecule has 0 fully saturated rings. The van der Waals surface area contributed by atoms with E-state index in [-0.39, 0.29) is 4.90 Å². The third-order valence-electron chi connectivity index (χ3n) is 2.63. The Labute approximate surface area is 119 Å². The number of rotatable bonds is 7. The van der Waals surface area contributed by atoms with Crippen molar-refractivity contribution >= 4 is 27.3 Å². The van der Waals surface area contributed by atoms with E-state index >= 15 is 0 Å². The summed E-state index contributed by atoms with van der Waals surface area (Å²) in [5, 5.41) is 0.342. The van der Waals surface area contributed by atoms with Crippen LogP contribution in [0.25, 0.3) is 0 Å². The molecular weight excluding hydrogens is 288 g/mol. The SMILES string of the molecule is CCOCCCNS(=O)(=O)c1cc(N)c(C)c(Cl)c1. The number of nitrogen functional groups attached to an aromatic ring is 1. The quantitative estimate of drug-likeness (QED) is 0.596. The van der Waals surface area contributed by atoms with E-state index in [0.29, 0.717) is 42.5 Å². The van der Waals surface area contributed by atoms with Crippen LogP contribution in [0, 0.1) is 6.92 Å². The van der Waals surface area contributed by atoms with Crippen LogP contribution in [0.1, 0.15) is 18.9 Å². The van der Waals surface area contributed by atoms with Crippen LogP contribution in [-0.4, -0.2) is 28.2 Å². The first-order chi connectivity index (χ1) is 8.88. The lowest BCUT2D eigenvalue weighted by molar-refractivity contribution is 0.146. The Morgan fingerprint density at radius 1 is 1.42 bits per heavy atom. The van der Waals surface area contributed by atoms with Gasteiger partial charge in [0.2, 0.25) is 10.0 Å². The van der Waals surface area contributed by atoms with Gasteiger partial charge in [-0.2, -0.15) is 0 Å². The summed E-state index contributed by atoms with van der Waals surface area (Å²) in [4.78, 5) is 0.0806. The maximum absolute atomic E-state index is 12.0. The van der Waals surface area contributed by atoms with Gasteiger partial charge in [-0.05, 0) is 38.0 Å². The van der Waals surface area contributed by atoms with Crippen LogP contribution < -0.4 is 10.5 Å². The number of halogens is 1. The van der Waals surface area contributed by atoms with Gasteiger partial charge in [0.1, 0.15) is 0 Å². The zero-order chi connectivity index (χ0) is 14.5. The third-order valence-corrected chi connectivity index (χ3v) is 4.46. The van der Waals surface area contributed by atoms with Crippen LogP contribution in [-0.2, 0) is 14.8 Å². The molecule has 0 amide bonds. The van der Waals surface area contributed by atoms with Gasteiger partial charge in [-0.15, -0.1) is 0 Å². The van der Waals surface area contributed by atoms with Crippen molar-refractivity contribution in [2.24, 2.45) is 0 Å². The Bertz CT molecular complexity index is 509. The summed E-state index contributed by atoms with van der Waals surface area (Å²) in [5.41, 5.74) is 6.76. The van der Waals surface area contributed by atoms with E-state index < -0.39 is 10.0 Å². The van der Waals surface area contributed by atoms with Crippen molar-refractivity contribution in [3.8, 4) is 0 Å². The molecule has 1 rings (SSSR count). The number of hydrogen-bond donors (Lipinski definition) is 2. The van der Waals surface area contributed by atoms with E-state index in [1.807, 2.05) is 6.92 Å². The lowest BCUT2D eigenvalue weighted by Crippen LogP contribution is -2.25. The minimum Gasteiger partial charge on any atom is -0.398 e. The number of nitrogens with two attached hydrogens (primary N) is 1. The molecule has 0 atom stereocenters. The molecule has 0 spiro atoms. The topological polar surface area (TPSA) is 81.4 Å². The predicted molar refractivity (Wildman–Crippen MR) is 76.9 cm³/mol. The minimum atomic E-state index is -3.58. The smallest absolute Gasteiger partial charge is 0.240 e. The van der Waals surface area contributed by atoms with Crippen LogP contribution in [0.4, 0.5) is 5.69 Å². The standard InChI is InChI=1S/C12H19ClN2O3S/c1-3-18-6-4-5-15-19(16,17)10-7-11(13)9(2)12(14)8-10/h7-8,15H,3-6,14H2,1-2H3. The second-order valence-corrected chi connectivity index (χ2v) is 6.24. The molecule has 0 unspecified atom stereocenters. The lowest BCUT2D eigenvalue weighted by Gasteiger charge is -2.10. The third kappa shape index (κ3) is 4.65. The van der Waals surface area contributed by atoms with Gasteiger partial charge in [0.15, 0.2) is 0 Å². The maximum atomic E-state index is 12.0. The minimum absolute atomic E-state index is 0.0806. The number of hydrogen-bond acceptors (Lipinski definition) is 4. The molecule has 5 nitrogen and oxygen atoms in total. The molecule has 0 saturated heterocycles. The summed E-state index contributed by atoms with van der Waals surface area (Å²) in [5.74, 6) is 0. The van der Waals surface area contributed by atoms with E-state index in [1.165, 1.54) is 12.1 Å². The molecule has 0 aliphatic heterocycles. The van der Waals surface area contributed by atoms with Crippen molar-refractivity contribution < 1.29 is 13.2 Å². The van der Waals surface area contributed by atoms with E-state index in [4.69, 9.17) is 22.1 Å². The zero-order valence-corrected chi connectivity index (χ0v) is 12.6. The highest BCUT2D eigenvalue weighted by Gasteiger charge is 2.16. The Balaban J connectivity index is 2.72. The fourth-order valence-electron chi connectivity index (χ4n) is 1.44. The predicted octanol–water partition coefficient (Wildman–Crippen LogP) is 1.94. The highest BCUT2D eigenvalue weighted by molar-refractivity contribution is 7.89. The van der Waals surface area contributed by atoms with Crippen molar-refractivity contribution in [1.29, 1.82) is 0 Å². The van der Waals surface area contributed by atoms with E-state index in [2.05, 4.69) is 4.72 Å². The second kappa shape index (κ2) is 7.09. The molecule has 0 aliphatic carbocycles. The molecule has 1 aromatic rings. The number of ether oxygens (including phenoxy) is 1. The summed E-state index contributed by atoms with van der Waals surface area (Å²) in [6.45, 7) is 5.09. The van der Waals surface area contributed by atoms with Gasteiger partial charge in [-0.3, -0.25) is 0 Å². The molecule has 0 saturated carbocycles. The van der Waals surface area contributed by atoms with Crippen LogP contribution >= 0.6 is 11.6 Å². The molecule has 108 valence electrons. The molecule has 0 radical (unpaired) electrons. The van der Waals surface area contributed by atoms with Crippen LogP contribution in [0.2, 0.25) is 5.02 Å². The first-order valence-corrected chi connectivity index (χ1v) is 7.87. The van der Waals surface area contributed by atoms with Crippen molar-refractivity contribution in [3.63, 3.8) is 0 Å². The first-order valence-electron chi connectivity index (χ1n) is 6.01. The molecule has 0 aromatic heterocycles. The first kappa shape index (κ1) is 16.2. The molecule has 1 aromatic carbocycles. The van der Waals surface area contributed by atoms with Gasteiger partial charge in [-0.1, -0.05) is 11.6 Å². The molecule has 0 bridgehead atoms. The summed E-state index contributed by atoms with van der Waals surface area (Å²) < 4.78 is 31.6. The fraction of sp³-hybridized carbons (Fsp3) is 0.500.